The van der Waals surface area contributed by atoms with Crippen LogP contribution in [-0.4, -0.2) is 34.0 Å². The van der Waals surface area contributed by atoms with Gasteiger partial charge < -0.3 is 10.1 Å². The number of thioether (sulfide) groups is 1. The number of para-hydroxylation sites is 2. The van der Waals surface area contributed by atoms with Crippen molar-refractivity contribution in [3.8, 4) is 28.3 Å². The van der Waals surface area contributed by atoms with Gasteiger partial charge >= 0.3 is 0 Å². The van der Waals surface area contributed by atoms with E-state index in [9.17, 15) is 4.79 Å². The maximum atomic E-state index is 12.4. The molecule has 0 aliphatic carbocycles. The molecule has 3 aromatic carbocycles. The molecule has 0 spiro atoms. The van der Waals surface area contributed by atoms with Gasteiger partial charge in [-0.2, -0.15) is 0 Å². The van der Waals surface area contributed by atoms with Gasteiger partial charge in [0.25, 0.3) is 0 Å². The van der Waals surface area contributed by atoms with Crippen molar-refractivity contribution in [2.75, 3.05) is 18.2 Å². The Bertz CT molecular complexity index is 1190. The lowest BCUT2D eigenvalue weighted by atomic mass is 10.0. The fraction of sp³-hybridized carbons (Fsp3) is 0.120. The molecule has 0 unspecified atom stereocenters. The summed E-state index contributed by atoms with van der Waals surface area (Å²) in [4.78, 5) is 17.1. The molecule has 0 radical (unpaired) electrons. The fourth-order valence-corrected chi connectivity index (χ4v) is 3.88. The second kappa shape index (κ2) is 10.5. The lowest BCUT2D eigenvalue weighted by Crippen LogP contribution is -2.13. The Morgan fingerprint density at radius 3 is 2.16 bits per heavy atom. The summed E-state index contributed by atoms with van der Waals surface area (Å²) in [6.45, 7) is 0. The van der Waals surface area contributed by atoms with Crippen LogP contribution >= 0.6 is 11.8 Å². The molecule has 0 aliphatic rings. The summed E-state index contributed by atoms with van der Waals surface area (Å²) in [7, 11) is 1.58. The smallest absolute Gasteiger partial charge is 0.225 e. The minimum absolute atomic E-state index is 0.0980. The van der Waals surface area contributed by atoms with Gasteiger partial charge in [-0.3, -0.25) is 4.79 Å². The highest BCUT2D eigenvalue weighted by molar-refractivity contribution is 7.99. The van der Waals surface area contributed by atoms with E-state index in [0.29, 0.717) is 28.8 Å². The van der Waals surface area contributed by atoms with Gasteiger partial charge in [0.05, 0.1) is 12.8 Å². The second-order valence-corrected chi connectivity index (χ2v) is 7.93. The maximum absolute atomic E-state index is 12.4. The number of rotatable bonds is 8. The predicted octanol–water partition coefficient (Wildman–Crippen LogP) is 5.34. The molecule has 0 fully saturated rings. The van der Waals surface area contributed by atoms with Crippen molar-refractivity contribution in [3.63, 3.8) is 0 Å². The van der Waals surface area contributed by atoms with E-state index in [4.69, 9.17) is 9.72 Å². The van der Waals surface area contributed by atoms with Crippen LogP contribution < -0.4 is 10.1 Å². The lowest BCUT2D eigenvalue weighted by Gasteiger charge is -2.10. The van der Waals surface area contributed by atoms with Gasteiger partial charge in [0.15, 0.2) is 0 Å². The van der Waals surface area contributed by atoms with Crippen molar-refractivity contribution in [1.82, 2.24) is 15.2 Å². The SMILES string of the molecule is COc1ccccc1NC(=O)CCSc1nnc(-c2ccccc2)c(-c2ccccc2)n1. The van der Waals surface area contributed by atoms with Gasteiger partial charge in [-0.15, -0.1) is 10.2 Å². The van der Waals surface area contributed by atoms with E-state index in [1.807, 2.05) is 84.9 Å². The average molecular weight is 443 g/mol. The van der Waals surface area contributed by atoms with E-state index < -0.39 is 0 Å². The number of benzene rings is 3. The standard InChI is InChI=1S/C25H22N4O2S/c1-31-21-15-9-8-14-20(21)26-22(30)16-17-32-25-27-23(18-10-4-2-5-11-18)24(28-29-25)19-12-6-3-7-13-19/h2-15H,16-17H2,1H3,(H,26,30). The number of methoxy groups -OCH3 is 1. The summed E-state index contributed by atoms with van der Waals surface area (Å²) in [5.74, 6) is 1.06. The normalized spacial score (nSPS) is 10.5. The van der Waals surface area contributed by atoms with E-state index in [2.05, 4.69) is 15.5 Å². The summed E-state index contributed by atoms with van der Waals surface area (Å²) >= 11 is 1.41. The topological polar surface area (TPSA) is 77.0 Å². The lowest BCUT2D eigenvalue weighted by molar-refractivity contribution is -0.115. The molecule has 0 saturated heterocycles. The van der Waals surface area contributed by atoms with Crippen LogP contribution in [0, 0.1) is 0 Å². The molecule has 1 heterocycles. The van der Waals surface area contributed by atoms with Crippen LogP contribution in [-0.2, 0) is 4.79 Å². The number of aromatic nitrogens is 3. The van der Waals surface area contributed by atoms with Gasteiger partial charge in [0, 0.05) is 23.3 Å². The van der Waals surface area contributed by atoms with Crippen LogP contribution in [0.3, 0.4) is 0 Å². The highest BCUT2D eigenvalue weighted by Gasteiger charge is 2.14. The fourth-order valence-electron chi connectivity index (χ4n) is 3.16. The number of carbonyl (C=O) groups is 1. The Morgan fingerprint density at radius 1 is 0.844 bits per heavy atom. The monoisotopic (exact) mass is 442 g/mol. The summed E-state index contributed by atoms with van der Waals surface area (Å²) in [5.41, 5.74) is 4.08. The van der Waals surface area contributed by atoms with Crippen molar-refractivity contribution in [1.29, 1.82) is 0 Å². The number of hydrogen-bond acceptors (Lipinski definition) is 6. The third kappa shape index (κ3) is 5.31. The first kappa shape index (κ1) is 21.5. The number of carbonyl (C=O) groups excluding carboxylic acids is 1. The zero-order valence-corrected chi connectivity index (χ0v) is 18.4. The minimum Gasteiger partial charge on any atom is -0.495 e. The molecule has 1 N–H and O–H groups in total. The number of nitrogens with zero attached hydrogens (tertiary/aromatic N) is 3. The Labute approximate surface area is 191 Å². The first-order valence-corrected chi connectivity index (χ1v) is 11.1. The zero-order valence-electron chi connectivity index (χ0n) is 17.6. The molecule has 0 bridgehead atoms. The molecule has 32 heavy (non-hydrogen) atoms. The molecular formula is C25H22N4O2S. The Hall–Kier alpha value is -3.71. The van der Waals surface area contributed by atoms with Crippen molar-refractivity contribution >= 4 is 23.4 Å². The Morgan fingerprint density at radius 2 is 1.47 bits per heavy atom. The predicted molar refractivity (Wildman–Crippen MR) is 128 cm³/mol. The molecule has 0 atom stereocenters. The maximum Gasteiger partial charge on any atom is 0.225 e. The quantitative estimate of drug-likeness (QED) is 0.372. The average Bonchev–Trinajstić information content (AvgIpc) is 2.85. The third-order valence-electron chi connectivity index (χ3n) is 4.70. The first-order chi connectivity index (χ1) is 15.7. The third-order valence-corrected chi connectivity index (χ3v) is 5.54. The van der Waals surface area contributed by atoms with Crippen molar-refractivity contribution < 1.29 is 9.53 Å². The molecule has 0 saturated carbocycles. The van der Waals surface area contributed by atoms with E-state index in [-0.39, 0.29) is 5.91 Å². The Kier molecular flexibility index (Phi) is 7.09. The molecule has 0 aliphatic heterocycles. The van der Waals surface area contributed by atoms with Crippen LogP contribution in [0.5, 0.6) is 5.75 Å². The van der Waals surface area contributed by atoms with E-state index in [1.54, 1.807) is 7.11 Å². The zero-order chi connectivity index (χ0) is 22.2. The van der Waals surface area contributed by atoms with Crippen molar-refractivity contribution in [3.05, 3.63) is 84.9 Å². The van der Waals surface area contributed by atoms with Gasteiger partial charge in [-0.05, 0) is 12.1 Å². The highest BCUT2D eigenvalue weighted by atomic mass is 32.2. The summed E-state index contributed by atoms with van der Waals surface area (Å²) in [5, 5.41) is 12.2. The molecule has 7 heteroatoms. The van der Waals surface area contributed by atoms with E-state index >= 15 is 0 Å². The second-order valence-electron chi connectivity index (χ2n) is 6.87. The largest absolute Gasteiger partial charge is 0.495 e. The first-order valence-electron chi connectivity index (χ1n) is 10.2. The van der Waals surface area contributed by atoms with Crippen LogP contribution in [0.1, 0.15) is 6.42 Å². The van der Waals surface area contributed by atoms with Gasteiger partial charge in [0.1, 0.15) is 17.1 Å². The molecule has 4 rings (SSSR count). The van der Waals surface area contributed by atoms with Gasteiger partial charge in [-0.1, -0.05) is 84.6 Å². The van der Waals surface area contributed by atoms with E-state index in [0.717, 1.165) is 22.5 Å². The number of anilines is 1. The molecule has 160 valence electrons. The van der Waals surface area contributed by atoms with E-state index in [1.165, 1.54) is 11.8 Å². The van der Waals surface area contributed by atoms with Gasteiger partial charge in [-0.25, -0.2) is 4.98 Å². The Balaban J connectivity index is 1.47. The van der Waals surface area contributed by atoms with Crippen molar-refractivity contribution in [2.24, 2.45) is 0 Å². The highest BCUT2D eigenvalue weighted by Crippen LogP contribution is 2.30. The molecule has 1 aromatic heterocycles. The minimum atomic E-state index is -0.0980. The number of hydrogen-bond donors (Lipinski definition) is 1. The number of ether oxygens (including phenoxy) is 1. The molecular weight excluding hydrogens is 420 g/mol. The summed E-state index contributed by atoms with van der Waals surface area (Å²) < 4.78 is 5.27. The van der Waals surface area contributed by atoms with Crippen LogP contribution in [0.15, 0.2) is 90.1 Å². The van der Waals surface area contributed by atoms with Crippen LogP contribution in [0.2, 0.25) is 0 Å². The van der Waals surface area contributed by atoms with Crippen LogP contribution in [0.25, 0.3) is 22.5 Å². The van der Waals surface area contributed by atoms with Crippen molar-refractivity contribution in [2.45, 2.75) is 11.6 Å². The van der Waals surface area contributed by atoms with Crippen LogP contribution in [0.4, 0.5) is 5.69 Å². The van der Waals surface area contributed by atoms with Gasteiger partial charge in [0.2, 0.25) is 11.1 Å². The number of nitrogens with one attached hydrogen (secondary N) is 1. The molecule has 1 amide bonds. The molecule has 4 aromatic rings. The summed E-state index contributed by atoms with van der Waals surface area (Å²) in [6.07, 6.45) is 0.313. The summed E-state index contributed by atoms with van der Waals surface area (Å²) in [6, 6.07) is 27.1. The number of amides is 1. The molecule has 6 nitrogen and oxygen atoms in total.